The highest BCUT2D eigenvalue weighted by Gasteiger charge is 2.34. The summed E-state index contributed by atoms with van der Waals surface area (Å²) < 4.78 is 23.6. The number of ether oxygens (including phenoxy) is 3. The highest BCUT2D eigenvalue weighted by molar-refractivity contribution is 5.85. The fraction of sp³-hybridized carbons (Fsp3) is 0.294. The van der Waals surface area contributed by atoms with E-state index in [4.69, 9.17) is 19.2 Å². The predicted octanol–water partition coefficient (Wildman–Crippen LogP) is 6.12. The maximum Gasteiger partial charge on any atom is 0.274 e. The first-order valence-corrected chi connectivity index (χ1v) is 15.2. The zero-order chi connectivity index (χ0) is 30.5. The zero-order valence-corrected chi connectivity index (χ0v) is 25.1. The molecule has 2 fully saturated rings. The third-order valence-corrected chi connectivity index (χ3v) is 8.79. The van der Waals surface area contributed by atoms with Crippen molar-refractivity contribution in [3.63, 3.8) is 0 Å². The van der Waals surface area contributed by atoms with Crippen LogP contribution in [0.15, 0.2) is 84.2 Å². The Labute approximate surface area is 259 Å². The lowest BCUT2D eigenvalue weighted by Gasteiger charge is -2.36. The van der Waals surface area contributed by atoms with Crippen molar-refractivity contribution in [2.24, 2.45) is 7.05 Å². The van der Waals surface area contributed by atoms with Crippen LogP contribution < -0.4 is 20.3 Å². The van der Waals surface area contributed by atoms with Crippen LogP contribution in [0.25, 0.3) is 16.7 Å². The molecule has 2 aliphatic rings. The predicted molar refractivity (Wildman–Crippen MR) is 170 cm³/mol. The van der Waals surface area contributed by atoms with Crippen molar-refractivity contribution in [3.05, 3.63) is 101 Å². The van der Waals surface area contributed by atoms with Crippen LogP contribution in [-0.4, -0.2) is 41.9 Å². The molecule has 5 aromatic heterocycles. The Bertz CT molecular complexity index is 2070. The summed E-state index contributed by atoms with van der Waals surface area (Å²) in [5.74, 6) is 2.46. The Morgan fingerprint density at radius 2 is 1.84 bits per heavy atom. The van der Waals surface area contributed by atoms with Gasteiger partial charge in [0.15, 0.2) is 22.9 Å². The van der Waals surface area contributed by atoms with Crippen molar-refractivity contribution in [1.82, 2.24) is 28.7 Å². The molecule has 6 aromatic rings. The summed E-state index contributed by atoms with van der Waals surface area (Å²) in [6.07, 6.45) is 11.2. The molecule has 0 atom stereocenters. The van der Waals surface area contributed by atoms with Crippen LogP contribution in [0.1, 0.15) is 48.8 Å². The summed E-state index contributed by atoms with van der Waals surface area (Å²) >= 11 is 0. The van der Waals surface area contributed by atoms with Crippen LogP contribution in [0.3, 0.4) is 0 Å². The van der Waals surface area contributed by atoms with Crippen molar-refractivity contribution >= 4 is 28.3 Å². The van der Waals surface area contributed by atoms with E-state index in [0.717, 1.165) is 36.8 Å². The highest BCUT2D eigenvalue weighted by Crippen LogP contribution is 2.43. The lowest BCUT2D eigenvalue weighted by Crippen LogP contribution is -2.38. The number of anilines is 2. The third kappa shape index (κ3) is 5.08. The van der Waals surface area contributed by atoms with Gasteiger partial charge in [0.05, 0.1) is 32.2 Å². The largest absolute Gasteiger partial charge is 0.491 e. The molecule has 45 heavy (non-hydrogen) atoms. The van der Waals surface area contributed by atoms with Crippen LogP contribution in [0, 0.1) is 0 Å². The van der Waals surface area contributed by atoms with Gasteiger partial charge in [-0.15, -0.1) is 0 Å². The molecule has 11 heteroatoms. The molecule has 0 radical (unpaired) electrons. The number of aryl methyl sites for hydroxylation is 1. The smallest absolute Gasteiger partial charge is 0.274 e. The van der Waals surface area contributed by atoms with Gasteiger partial charge in [-0.3, -0.25) is 4.79 Å². The van der Waals surface area contributed by atoms with Gasteiger partial charge in [-0.05, 0) is 60.9 Å². The summed E-state index contributed by atoms with van der Waals surface area (Å²) in [7, 11) is 3.45. The number of imidazole rings is 1. The normalized spacial score (nSPS) is 17.8. The number of methoxy groups -OCH3 is 1. The number of pyridine rings is 3. The number of benzene rings is 1. The molecule has 5 heterocycles. The Morgan fingerprint density at radius 3 is 2.64 bits per heavy atom. The lowest BCUT2D eigenvalue weighted by molar-refractivity contribution is -0.0364. The fourth-order valence-electron chi connectivity index (χ4n) is 6.05. The zero-order valence-electron chi connectivity index (χ0n) is 25.1. The Hall–Kier alpha value is -5.16. The minimum Gasteiger partial charge on any atom is -0.491 e. The topological polar surface area (TPSA) is 110 Å². The number of nitrogens with zero attached hydrogens (tertiary/aromatic N) is 6. The average Bonchev–Trinajstić information content (AvgIpc) is 3.75. The Morgan fingerprint density at radius 1 is 1.02 bits per heavy atom. The van der Waals surface area contributed by atoms with Gasteiger partial charge in [-0.25, -0.2) is 9.50 Å². The third-order valence-electron chi connectivity index (χ3n) is 8.79. The Kier molecular flexibility index (Phi) is 6.75. The van der Waals surface area contributed by atoms with E-state index in [0.29, 0.717) is 52.6 Å². The first-order chi connectivity index (χ1) is 22.1. The molecule has 8 rings (SSSR count). The van der Waals surface area contributed by atoms with Gasteiger partial charge in [0, 0.05) is 25.5 Å². The van der Waals surface area contributed by atoms with Crippen LogP contribution >= 0.6 is 0 Å². The number of nitrogens with one attached hydrogen (secondary N) is 1. The van der Waals surface area contributed by atoms with Crippen LogP contribution in [-0.2, 0) is 18.4 Å². The second kappa shape index (κ2) is 11.1. The van der Waals surface area contributed by atoms with Gasteiger partial charge in [-0.1, -0.05) is 36.4 Å². The van der Waals surface area contributed by atoms with E-state index in [2.05, 4.69) is 27.5 Å². The van der Waals surface area contributed by atoms with Crippen LogP contribution in [0.4, 0.5) is 11.6 Å². The van der Waals surface area contributed by atoms with E-state index in [9.17, 15) is 4.79 Å². The monoisotopic (exact) mass is 603 g/mol. The maximum atomic E-state index is 13.8. The van der Waals surface area contributed by atoms with Gasteiger partial charge in [0.1, 0.15) is 16.7 Å². The molecule has 0 aliphatic heterocycles. The molecule has 0 unspecified atom stereocenters. The number of hydrogen-bond acceptors (Lipinski definition) is 8. The standard InChI is InChI=1S/C34H33N7O4/c1-39-30-31(43-2)29(45-28-18-36-41-13-7-6-10-27(28)41)17-35-32(30)38-34(39)37-26-14-23(22-11-12-22)19-40(33(26)42)24-15-25(16-24)44-20-21-8-4-3-5-9-21/h3-10,13-14,17-19,22,24-25H,11-12,15-16,20H2,1-2H3,(H,35,37,38). The van der Waals surface area contributed by atoms with Crippen molar-refractivity contribution in [3.8, 4) is 17.2 Å². The lowest BCUT2D eigenvalue weighted by atomic mass is 9.88. The molecule has 0 bridgehead atoms. The average molecular weight is 604 g/mol. The fourth-order valence-corrected chi connectivity index (χ4v) is 6.05. The summed E-state index contributed by atoms with van der Waals surface area (Å²) in [6.45, 7) is 0.582. The molecule has 0 saturated heterocycles. The second-order valence-corrected chi connectivity index (χ2v) is 11.8. The van der Waals surface area contributed by atoms with Crippen molar-refractivity contribution in [2.45, 2.75) is 50.4 Å². The van der Waals surface area contributed by atoms with Gasteiger partial charge in [-0.2, -0.15) is 10.1 Å². The number of rotatable bonds is 10. The molecular formula is C34H33N7O4. The molecule has 11 nitrogen and oxygen atoms in total. The van der Waals surface area contributed by atoms with Crippen LogP contribution in [0.2, 0.25) is 0 Å². The van der Waals surface area contributed by atoms with E-state index in [1.807, 2.05) is 71.0 Å². The first kappa shape index (κ1) is 27.4. The molecule has 0 amide bonds. The van der Waals surface area contributed by atoms with E-state index < -0.39 is 0 Å². The number of aromatic nitrogens is 6. The number of hydrogen-bond donors (Lipinski definition) is 1. The molecule has 2 saturated carbocycles. The SMILES string of the molecule is COc1c(Oc2cnn3ccccc23)cnc2nc(Nc3cc(C4CC4)cn(C4CC(OCc5ccccc5)C4)c3=O)n(C)c12. The summed E-state index contributed by atoms with van der Waals surface area (Å²) in [5.41, 5.74) is 4.68. The van der Waals surface area contributed by atoms with Crippen molar-refractivity contribution < 1.29 is 14.2 Å². The molecule has 228 valence electrons. The molecule has 1 N–H and O–H groups in total. The molecule has 0 spiro atoms. The highest BCUT2D eigenvalue weighted by atomic mass is 16.5. The van der Waals surface area contributed by atoms with E-state index in [1.54, 1.807) is 24.0 Å². The van der Waals surface area contributed by atoms with E-state index >= 15 is 0 Å². The minimum absolute atomic E-state index is 0.0741. The summed E-state index contributed by atoms with van der Waals surface area (Å²) in [4.78, 5) is 23.1. The quantitative estimate of drug-likeness (QED) is 0.200. The second-order valence-electron chi connectivity index (χ2n) is 11.8. The number of fused-ring (bicyclic) bond motifs is 2. The molecular weight excluding hydrogens is 570 g/mol. The first-order valence-electron chi connectivity index (χ1n) is 15.2. The van der Waals surface area contributed by atoms with Gasteiger partial charge in [0.25, 0.3) is 5.56 Å². The minimum atomic E-state index is -0.0741. The van der Waals surface area contributed by atoms with E-state index in [-0.39, 0.29) is 17.7 Å². The van der Waals surface area contributed by atoms with Crippen molar-refractivity contribution in [2.75, 3.05) is 12.4 Å². The molecule has 2 aliphatic carbocycles. The molecule has 1 aromatic carbocycles. The Balaban J connectivity index is 1.06. The van der Waals surface area contributed by atoms with Gasteiger partial charge >= 0.3 is 0 Å². The van der Waals surface area contributed by atoms with Gasteiger partial charge < -0.3 is 28.7 Å². The van der Waals surface area contributed by atoms with Gasteiger partial charge in [0.2, 0.25) is 5.95 Å². The summed E-state index contributed by atoms with van der Waals surface area (Å²) in [5, 5.41) is 7.69. The maximum absolute atomic E-state index is 13.8. The summed E-state index contributed by atoms with van der Waals surface area (Å²) in [6, 6.07) is 18.0. The van der Waals surface area contributed by atoms with E-state index in [1.165, 1.54) is 5.56 Å². The van der Waals surface area contributed by atoms with Crippen molar-refractivity contribution in [1.29, 1.82) is 0 Å². The van der Waals surface area contributed by atoms with Crippen LogP contribution in [0.5, 0.6) is 17.2 Å².